The quantitative estimate of drug-likeness (QED) is 0.934. The molecule has 0 radical (unpaired) electrons. The fraction of sp³-hybridized carbons (Fsp3) is 0.143. The van der Waals surface area contributed by atoms with Crippen molar-refractivity contribution in [2.24, 2.45) is 5.73 Å². The maximum atomic E-state index is 12.6. The first kappa shape index (κ1) is 15.3. The summed E-state index contributed by atoms with van der Waals surface area (Å²) in [6.45, 7) is -0.0469. The van der Waals surface area contributed by atoms with Crippen molar-refractivity contribution in [3.63, 3.8) is 0 Å². The summed E-state index contributed by atoms with van der Waals surface area (Å²) in [6.07, 6.45) is 0. The van der Waals surface area contributed by atoms with Crippen molar-refractivity contribution in [3.8, 4) is 0 Å². The Balaban J connectivity index is 2.51. The van der Waals surface area contributed by atoms with E-state index in [1.807, 2.05) is 0 Å². The summed E-state index contributed by atoms with van der Waals surface area (Å²) in [5.74, 6) is 0. The Labute approximate surface area is 128 Å². The van der Waals surface area contributed by atoms with Crippen LogP contribution < -0.4 is 5.73 Å². The monoisotopic (exact) mass is 329 g/mol. The van der Waals surface area contributed by atoms with E-state index >= 15 is 0 Å². The normalized spacial score (nSPS) is 13.2. The van der Waals surface area contributed by atoms with Gasteiger partial charge < -0.3 is 5.73 Å². The van der Waals surface area contributed by atoms with Crippen LogP contribution in [0.2, 0.25) is 10.0 Å². The van der Waals surface area contributed by atoms with Crippen LogP contribution in [-0.4, -0.2) is 15.0 Å². The van der Waals surface area contributed by atoms with Gasteiger partial charge in [0.05, 0.1) is 4.90 Å². The first-order valence-corrected chi connectivity index (χ1v) is 8.21. The maximum absolute atomic E-state index is 12.6. The SMILES string of the molecule is NC[C@@H](c1ccccc1Cl)S(=O)(=O)c1ccc(Cl)cc1. The van der Waals surface area contributed by atoms with Crippen molar-refractivity contribution in [2.75, 3.05) is 6.54 Å². The number of halogens is 2. The van der Waals surface area contributed by atoms with Gasteiger partial charge in [0.25, 0.3) is 0 Å². The molecule has 0 aliphatic rings. The Morgan fingerprint density at radius 2 is 1.60 bits per heavy atom. The Morgan fingerprint density at radius 3 is 2.15 bits per heavy atom. The molecule has 20 heavy (non-hydrogen) atoms. The molecular formula is C14H13Cl2NO2S. The molecule has 0 fully saturated rings. The van der Waals surface area contributed by atoms with Gasteiger partial charge in [-0.25, -0.2) is 8.42 Å². The molecular weight excluding hydrogens is 317 g/mol. The van der Waals surface area contributed by atoms with Crippen LogP contribution in [0, 0.1) is 0 Å². The zero-order chi connectivity index (χ0) is 14.8. The van der Waals surface area contributed by atoms with Gasteiger partial charge in [-0.3, -0.25) is 0 Å². The summed E-state index contributed by atoms with van der Waals surface area (Å²) >= 11 is 11.9. The molecule has 106 valence electrons. The molecule has 2 rings (SSSR count). The highest BCUT2D eigenvalue weighted by Gasteiger charge is 2.29. The summed E-state index contributed by atoms with van der Waals surface area (Å²) in [5.41, 5.74) is 6.17. The van der Waals surface area contributed by atoms with Gasteiger partial charge in [-0.15, -0.1) is 0 Å². The van der Waals surface area contributed by atoms with Crippen LogP contribution in [0.3, 0.4) is 0 Å². The highest BCUT2D eigenvalue weighted by molar-refractivity contribution is 7.91. The summed E-state index contributed by atoms with van der Waals surface area (Å²) in [5, 5.41) is -0.0103. The maximum Gasteiger partial charge on any atom is 0.186 e. The van der Waals surface area contributed by atoms with E-state index < -0.39 is 15.1 Å². The number of benzene rings is 2. The molecule has 0 saturated carbocycles. The highest BCUT2D eigenvalue weighted by atomic mass is 35.5. The lowest BCUT2D eigenvalue weighted by atomic mass is 10.1. The molecule has 3 nitrogen and oxygen atoms in total. The standard InChI is InChI=1S/C14H13Cl2NO2S/c15-10-5-7-11(8-6-10)20(18,19)14(9-17)12-3-1-2-4-13(12)16/h1-8,14H,9,17H2/t14-/m0/s1. The molecule has 1 atom stereocenters. The van der Waals surface area contributed by atoms with E-state index in [2.05, 4.69) is 0 Å². The largest absolute Gasteiger partial charge is 0.329 e. The van der Waals surface area contributed by atoms with E-state index in [4.69, 9.17) is 28.9 Å². The topological polar surface area (TPSA) is 60.2 Å². The molecule has 0 bridgehead atoms. The number of sulfone groups is 1. The molecule has 2 N–H and O–H groups in total. The number of hydrogen-bond donors (Lipinski definition) is 1. The minimum Gasteiger partial charge on any atom is -0.329 e. The van der Waals surface area contributed by atoms with Crippen LogP contribution in [-0.2, 0) is 9.84 Å². The summed E-state index contributed by atoms with van der Waals surface area (Å²) in [7, 11) is -3.61. The van der Waals surface area contributed by atoms with Gasteiger partial charge in [-0.2, -0.15) is 0 Å². The van der Waals surface area contributed by atoms with Crippen LogP contribution >= 0.6 is 23.2 Å². The number of nitrogens with two attached hydrogens (primary N) is 1. The fourth-order valence-corrected chi connectivity index (χ4v) is 4.04. The average molecular weight is 330 g/mol. The third-order valence-corrected chi connectivity index (χ3v) is 5.70. The molecule has 0 aliphatic carbocycles. The molecule has 0 amide bonds. The lowest BCUT2D eigenvalue weighted by molar-refractivity contribution is 0.582. The van der Waals surface area contributed by atoms with Gasteiger partial charge in [0.1, 0.15) is 5.25 Å². The second kappa shape index (κ2) is 6.14. The Bertz CT molecular complexity index is 699. The molecule has 6 heteroatoms. The van der Waals surface area contributed by atoms with Crippen molar-refractivity contribution >= 4 is 33.0 Å². The van der Waals surface area contributed by atoms with Crippen molar-refractivity contribution in [1.29, 1.82) is 0 Å². The van der Waals surface area contributed by atoms with E-state index in [0.29, 0.717) is 15.6 Å². The summed E-state index contributed by atoms with van der Waals surface area (Å²) < 4.78 is 25.3. The lowest BCUT2D eigenvalue weighted by Crippen LogP contribution is -2.22. The Hall–Kier alpha value is -1.07. The second-order valence-electron chi connectivity index (χ2n) is 4.24. The minimum absolute atomic E-state index is 0.0469. The van der Waals surface area contributed by atoms with Gasteiger partial charge in [0.15, 0.2) is 9.84 Å². The molecule has 2 aromatic rings. The summed E-state index contributed by atoms with van der Waals surface area (Å²) in [4.78, 5) is 0.178. The van der Waals surface area contributed by atoms with Crippen LogP contribution in [0.1, 0.15) is 10.8 Å². The van der Waals surface area contributed by atoms with Crippen LogP contribution in [0.15, 0.2) is 53.4 Å². The number of hydrogen-bond acceptors (Lipinski definition) is 3. The predicted octanol–water partition coefficient (Wildman–Crippen LogP) is 3.47. The zero-order valence-corrected chi connectivity index (χ0v) is 12.8. The second-order valence-corrected chi connectivity index (χ2v) is 7.22. The van der Waals surface area contributed by atoms with Gasteiger partial charge in [0.2, 0.25) is 0 Å². The lowest BCUT2D eigenvalue weighted by Gasteiger charge is -2.17. The first-order chi connectivity index (χ1) is 9.46. The molecule has 0 aromatic heterocycles. The third kappa shape index (κ3) is 2.99. The minimum atomic E-state index is -3.61. The molecule has 0 unspecified atom stereocenters. The van der Waals surface area contributed by atoms with Crippen molar-refractivity contribution in [1.82, 2.24) is 0 Å². The third-order valence-electron chi connectivity index (χ3n) is 2.98. The van der Waals surface area contributed by atoms with Crippen molar-refractivity contribution < 1.29 is 8.42 Å². The van der Waals surface area contributed by atoms with E-state index in [0.717, 1.165) is 0 Å². The van der Waals surface area contributed by atoms with Gasteiger partial charge >= 0.3 is 0 Å². The van der Waals surface area contributed by atoms with E-state index in [1.54, 1.807) is 24.3 Å². The van der Waals surface area contributed by atoms with Crippen LogP contribution in [0.5, 0.6) is 0 Å². The van der Waals surface area contributed by atoms with Gasteiger partial charge in [-0.05, 0) is 35.9 Å². The zero-order valence-electron chi connectivity index (χ0n) is 10.5. The van der Waals surface area contributed by atoms with Gasteiger partial charge in [0, 0.05) is 16.6 Å². The molecule has 0 spiro atoms. The van der Waals surface area contributed by atoms with E-state index in [9.17, 15) is 8.42 Å². The Kier molecular flexibility index (Phi) is 4.70. The Morgan fingerprint density at radius 1 is 1.00 bits per heavy atom. The molecule has 0 aliphatic heterocycles. The predicted molar refractivity (Wildman–Crippen MR) is 81.9 cm³/mol. The molecule has 2 aromatic carbocycles. The molecule has 0 heterocycles. The molecule has 0 saturated heterocycles. The first-order valence-electron chi connectivity index (χ1n) is 5.91. The average Bonchev–Trinajstić information content (AvgIpc) is 2.42. The van der Waals surface area contributed by atoms with E-state index in [-0.39, 0.29) is 11.4 Å². The number of rotatable bonds is 4. The highest BCUT2D eigenvalue weighted by Crippen LogP contribution is 2.32. The van der Waals surface area contributed by atoms with Crippen molar-refractivity contribution in [3.05, 3.63) is 64.1 Å². The van der Waals surface area contributed by atoms with Crippen LogP contribution in [0.25, 0.3) is 0 Å². The van der Waals surface area contributed by atoms with Gasteiger partial charge in [-0.1, -0.05) is 41.4 Å². The summed E-state index contributed by atoms with van der Waals surface area (Å²) in [6, 6.07) is 12.8. The fourth-order valence-electron chi connectivity index (χ4n) is 1.95. The van der Waals surface area contributed by atoms with E-state index in [1.165, 1.54) is 24.3 Å². The van der Waals surface area contributed by atoms with Crippen molar-refractivity contribution in [2.45, 2.75) is 10.1 Å². The van der Waals surface area contributed by atoms with Crippen LogP contribution in [0.4, 0.5) is 0 Å². The smallest absolute Gasteiger partial charge is 0.186 e.